The fourth-order valence-electron chi connectivity index (χ4n) is 0.563. The summed E-state index contributed by atoms with van der Waals surface area (Å²) in [6, 6.07) is 1.86. The Balaban J connectivity index is 2.80. The molecule has 0 radical (unpaired) electrons. The van der Waals surface area contributed by atoms with Crippen molar-refractivity contribution in [2.45, 2.75) is 0 Å². The second-order valence-electron chi connectivity index (χ2n) is 1.80. The largest absolute Gasteiger partial charge is 0.368 e. The Hall–Kier alpha value is -1.61. The average Bonchev–Trinajstić information content (AvgIpc) is 1.99. The summed E-state index contributed by atoms with van der Waals surface area (Å²) < 4.78 is 0. The van der Waals surface area contributed by atoms with E-state index < -0.39 is 0 Å². The van der Waals surface area contributed by atoms with E-state index in [1.807, 2.05) is 6.07 Å². The molecule has 0 saturated heterocycles. The summed E-state index contributed by atoms with van der Waals surface area (Å²) in [5, 5.41) is 10.8. The lowest BCUT2D eigenvalue weighted by molar-refractivity contribution is 1.05. The molecule has 7 heteroatoms. The fourth-order valence-corrected chi connectivity index (χ4v) is 0.730. The van der Waals surface area contributed by atoms with E-state index in [1.165, 1.54) is 0 Å². The van der Waals surface area contributed by atoms with Crippen LogP contribution in [0.15, 0.2) is 0 Å². The molecule has 3 N–H and O–H groups in total. The van der Waals surface area contributed by atoms with Crippen molar-refractivity contribution in [1.82, 2.24) is 15.0 Å². The van der Waals surface area contributed by atoms with Crippen LogP contribution in [0.1, 0.15) is 0 Å². The number of nitrogens with one attached hydrogen (secondary N) is 1. The van der Waals surface area contributed by atoms with Crippen molar-refractivity contribution in [2.75, 3.05) is 17.6 Å². The third kappa shape index (κ3) is 2.21. The maximum Gasteiger partial charge on any atom is 0.229 e. The third-order valence-corrected chi connectivity index (χ3v) is 1.12. The van der Waals surface area contributed by atoms with E-state index in [0.717, 1.165) is 0 Å². The molecule has 0 aliphatic rings. The predicted octanol–water partition coefficient (Wildman–Crippen LogP) is 0.0427. The van der Waals surface area contributed by atoms with Crippen molar-refractivity contribution >= 4 is 23.5 Å². The summed E-state index contributed by atoms with van der Waals surface area (Å²) in [7, 11) is 0. The Labute approximate surface area is 73.4 Å². The van der Waals surface area contributed by atoms with Gasteiger partial charge in [0, 0.05) is 0 Å². The highest BCUT2D eigenvalue weighted by Crippen LogP contribution is 2.05. The van der Waals surface area contributed by atoms with Crippen LogP contribution < -0.4 is 11.1 Å². The molecule has 1 aromatic rings. The number of aromatic nitrogens is 3. The number of hydrogen-bond acceptors (Lipinski definition) is 6. The number of anilines is 2. The minimum absolute atomic E-state index is 0.00272. The van der Waals surface area contributed by atoms with Crippen LogP contribution in [0, 0.1) is 11.3 Å². The summed E-state index contributed by atoms with van der Waals surface area (Å²) in [5.41, 5.74) is 5.26. The number of nitrogens with zero attached hydrogens (tertiary/aromatic N) is 4. The molecule has 6 nitrogen and oxygen atoms in total. The second-order valence-corrected chi connectivity index (χ2v) is 2.14. The Morgan fingerprint density at radius 2 is 2.25 bits per heavy atom. The summed E-state index contributed by atoms with van der Waals surface area (Å²) >= 11 is 5.46. The standard InChI is InChI=1S/C5H5ClN6/c6-3-10-4(8)12-5(11-3)9-2-1-7/h2H2,(H3,8,9,10,11,12). The minimum Gasteiger partial charge on any atom is -0.368 e. The number of rotatable bonds is 2. The quantitative estimate of drug-likeness (QED) is 0.630. The molecule has 0 spiro atoms. The van der Waals surface area contributed by atoms with E-state index in [4.69, 9.17) is 22.6 Å². The van der Waals surface area contributed by atoms with Crippen molar-refractivity contribution in [3.8, 4) is 6.07 Å². The normalized spacial score (nSPS) is 9.00. The van der Waals surface area contributed by atoms with Crippen molar-refractivity contribution in [3.05, 3.63) is 5.28 Å². The van der Waals surface area contributed by atoms with Crippen LogP contribution in [-0.4, -0.2) is 21.5 Å². The number of nitriles is 1. The van der Waals surface area contributed by atoms with Gasteiger partial charge in [-0.3, -0.25) is 0 Å². The molecular weight excluding hydrogens is 180 g/mol. The predicted molar refractivity (Wildman–Crippen MR) is 43.4 cm³/mol. The SMILES string of the molecule is N#CCNc1nc(N)nc(Cl)n1. The van der Waals surface area contributed by atoms with Crippen LogP contribution in [0.25, 0.3) is 0 Å². The molecule has 0 aliphatic heterocycles. The lowest BCUT2D eigenvalue weighted by Crippen LogP contribution is -2.06. The zero-order valence-corrected chi connectivity index (χ0v) is 6.71. The highest BCUT2D eigenvalue weighted by atomic mass is 35.5. The van der Waals surface area contributed by atoms with Gasteiger partial charge in [-0.1, -0.05) is 0 Å². The summed E-state index contributed by atoms with van der Waals surface area (Å²) in [6.07, 6.45) is 0. The van der Waals surface area contributed by atoms with Crippen LogP contribution in [0.3, 0.4) is 0 Å². The topological polar surface area (TPSA) is 101 Å². The van der Waals surface area contributed by atoms with Gasteiger partial charge >= 0.3 is 0 Å². The molecular formula is C5H5ClN6. The molecule has 0 unspecified atom stereocenters. The van der Waals surface area contributed by atoms with E-state index in [-0.39, 0.29) is 23.7 Å². The summed E-state index contributed by atoms with van der Waals surface area (Å²) in [5.74, 6) is 0.226. The minimum atomic E-state index is 0.00272. The number of nitrogen functional groups attached to an aromatic ring is 1. The van der Waals surface area contributed by atoms with Crippen molar-refractivity contribution in [3.63, 3.8) is 0 Å². The molecule has 0 atom stereocenters. The van der Waals surface area contributed by atoms with Crippen LogP contribution >= 0.6 is 11.6 Å². The summed E-state index contributed by atoms with van der Waals surface area (Å²) in [4.78, 5) is 10.9. The molecule has 12 heavy (non-hydrogen) atoms. The van der Waals surface area contributed by atoms with Crippen LogP contribution in [0.2, 0.25) is 5.28 Å². The van der Waals surface area contributed by atoms with Gasteiger partial charge in [0.25, 0.3) is 0 Å². The smallest absolute Gasteiger partial charge is 0.229 e. The highest BCUT2D eigenvalue weighted by molar-refractivity contribution is 6.28. The Bertz CT molecular complexity index is 298. The first kappa shape index (κ1) is 8.49. The Morgan fingerprint density at radius 3 is 2.83 bits per heavy atom. The number of halogens is 1. The van der Waals surface area contributed by atoms with Crippen molar-refractivity contribution in [1.29, 1.82) is 5.26 Å². The number of nitrogens with two attached hydrogens (primary N) is 1. The monoisotopic (exact) mass is 184 g/mol. The molecule has 0 fully saturated rings. The second kappa shape index (κ2) is 3.69. The van der Waals surface area contributed by atoms with Crippen LogP contribution in [0.5, 0.6) is 0 Å². The first-order chi connectivity index (χ1) is 5.72. The molecule has 1 heterocycles. The van der Waals surface area contributed by atoms with Crippen molar-refractivity contribution in [2.24, 2.45) is 0 Å². The van der Waals surface area contributed by atoms with Crippen LogP contribution in [-0.2, 0) is 0 Å². The number of hydrogen-bond donors (Lipinski definition) is 2. The Morgan fingerprint density at radius 1 is 1.50 bits per heavy atom. The van der Waals surface area contributed by atoms with Gasteiger partial charge in [0.2, 0.25) is 17.2 Å². The molecule has 1 aromatic heterocycles. The lowest BCUT2D eigenvalue weighted by atomic mass is 10.7. The van der Waals surface area contributed by atoms with E-state index in [9.17, 15) is 0 Å². The van der Waals surface area contributed by atoms with E-state index >= 15 is 0 Å². The van der Waals surface area contributed by atoms with Gasteiger partial charge in [-0.2, -0.15) is 20.2 Å². The maximum atomic E-state index is 8.22. The zero-order chi connectivity index (χ0) is 8.97. The van der Waals surface area contributed by atoms with Gasteiger partial charge < -0.3 is 11.1 Å². The van der Waals surface area contributed by atoms with E-state index in [2.05, 4.69) is 20.3 Å². The van der Waals surface area contributed by atoms with E-state index in [0.29, 0.717) is 0 Å². The molecule has 1 rings (SSSR count). The van der Waals surface area contributed by atoms with E-state index in [1.54, 1.807) is 0 Å². The average molecular weight is 185 g/mol. The lowest BCUT2D eigenvalue weighted by Gasteiger charge is -1.99. The first-order valence-corrected chi connectivity index (χ1v) is 3.38. The maximum absolute atomic E-state index is 8.22. The fraction of sp³-hybridized carbons (Fsp3) is 0.200. The molecule has 0 bridgehead atoms. The van der Waals surface area contributed by atoms with Gasteiger partial charge in [0.1, 0.15) is 6.54 Å². The first-order valence-electron chi connectivity index (χ1n) is 3.00. The van der Waals surface area contributed by atoms with Gasteiger partial charge in [-0.15, -0.1) is 0 Å². The van der Waals surface area contributed by atoms with Gasteiger partial charge in [0.15, 0.2) is 0 Å². The molecule has 0 aliphatic carbocycles. The molecule has 0 aromatic carbocycles. The third-order valence-electron chi connectivity index (χ3n) is 0.951. The van der Waals surface area contributed by atoms with Crippen LogP contribution in [0.4, 0.5) is 11.9 Å². The molecule has 0 amide bonds. The summed E-state index contributed by atoms with van der Waals surface area (Å²) in [6.45, 7) is 0.0970. The highest BCUT2D eigenvalue weighted by Gasteiger charge is 1.99. The van der Waals surface area contributed by atoms with Crippen molar-refractivity contribution < 1.29 is 0 Å². The molecule has 62 valence electrons. The molecule has 0 saturated carbocycles. The van der Waals surface area contributed by atoms with Gasteiger partial charge in [-0.25, -0.2) is 0 Å². The van der Waals surface area contributed by atoms with Gasteiger partial charge in [-0.05, 0) is 11.6 Å². The Kier molecular flexibility index (Phi) is 2.61. The van der Waals surface area contributed by atoms with Gasteiger partial charge in [0.05, 0.1) is 6.07 Å². The zero-order valence-electron chi connectivity index (χ0n) is 5.95.